The van der Waals surface area contributed by atoms with Crippen molar-refractivity contribution >= 4 is 11.6 Å². The molecule has 0 atom stereocenters. The van der Waals surface area contributed by atoms with Crippen molar-refractivity contribution in [3.63, 3.8) is 0 Å². The smallest absolute Gasteiger partial charge is 0.323 e. The monoisotopic (exact) mass is 289 g/mol. The van der Waals surface area contributed by atoms with Gasteiger partial charge in [-0.05, 0) is 18.2 Å². The molecule has 0 unspecified atom stereocenters. The third-order valence-electron chi connectivity index (χ3n) is 2.52. The van der Waals surface area contributed by atoms with Gasteiger partial charge in [-0.1, -0.05) is 11.8 Å². The van der Waals surface area contributed by atoms with Crippen LogP contribution in [0.5, 0.6) is 0 Å². The van der Waals surface area contributed by atoms with Crippen molar-refractivity contribution in [1.82, 2.24) is 9.97 Å². The van der Waals surface area contributed by atoms with Crippen molar-refractivity contribution in [3.8, 4) is 11.8 Å². The second-order valence-corrected chi connectivity index (χ2v) is 4.08. The largest absolute Gasteiger partial charge is 0.395 e. The summed E-state index contributed by atoms with van der Waals surface area (Å²) in [5.41, 5.74) is 0.0348. The van der Waals surface area contributed by atoms with Crippen molar-refractivity contribution in [1.29, 1.82) is 0 Å². The van der Waals surface area contributed by atoms with Gasteiger partial charge in [0.1, 0.15) is 11.5 Å². The number of carbonyl (C=O) groups is 1. The van der Waals surface area contributed by atoms with Crippen molar-refractivity contribution in [3.05, 3.63) is 52.0 Å². The molecule has 0 saturated heterocycles. The molecule has 0 saturated carbocycles. The molecule has 108 valence electrons. The van der Waals surface area contributed by atoms with Crippen molar-refractivity contribution in [2.45, 2.75) is 6.42 Å². The number of benzene rings is 1. The molecule has 1 aromatic heterocycles. The molecule has 0 aliphatic rings. The molecule has 2 rings (SSSR count). The summed E-state index contributed by atoms with van der Waals surface area (Å²) in [6.07, 6.45) is 1.48. The minimum atomic E-state index is -0.533. The van der Waals surface area contributed by atoms with E-state index < -0.39 is 17.4 Å². The lowest BCUT2D eigenvalue weighted by molar-refractivity contribution is 0.102. The van der Waals surface area contributed by atoms with E-state index >= 15 is 0 Å². The number of carbonyl (C=O) groups excluding carboxylic acids is 1. The topological polar surface area (TPSA) is 98.0 Å². The van der Waals surface area contributed by atoms with Crippen molar-refractivity contribution in [2.75, 3.05) is 11.9 Å². The zero-order valence-electron chi connectivity index (χ0n) is 10.9. The van der Waals surface area contributed by atoms with Gasteiger partial charge in [0.05, 0.1) is 12.2 Å². The van der Waals surface area contributed by atoms with Crippen LogP contribution in [0.1, 0.15) is 22.5 Å². The average molecular weight is 289 g/mol. The second-order valence-electron chi connectivity index (χ2n) is 4.08. The third-order valence-corrected chi connectivity index (χ3v) is 2.52. The van der Waals surface area contributed by atoms with E-state index in [1.54, 1.807) is 0 Å². The first kappa shape index (κ1) is 14.6. The lowest BCUT2D eigenvalue weighted by Gasteiger charge is -2.04. The number of aromatic nitrogens is 2. The van der Waals surface area contributed by atoms with E-state index in [0.29, 0.717) is 5.69 Å². The standard InChI is InChI=1S/C14H12FN3O3/c15-11-5-4-10(7-9(11)3-1-2-6-19)17-13(20)12-8-16-14(21)18-12/h4-5,7-8,19H,2,6H2,(H,17,20)(H2,16,18,21). The highest BCUT2D eigenvalue weighted by atomic mass is 19.1. The quantitative estimate of drug-likeness (QED) is 0.630. The van der Waals surface area contributed by atoms with E-state index in [-0.39, 0.29) is 24.3 Å². The molecule has 4 N–H and O–H groups in total. The molecular weight excluding hydrogens is 277 g/mol. The van der Waals surface area contributed by atoms with Gasteiger partial charge in [0.2, 0.25) is 0 Å². The van der Waals surface area contributed by atoms with Crippen LogP contribution in [0.3, 0.4) is 0 Å². The molecule has 0 radical (unpaired) electrons. The molecule has 7 heteroatoms. The molecule has 0 aliphatic heterocycles. The van der Waals surface area contributed by atoms with Gasteiger partial charge in [-0.3, -0.25) is 4.79 Å². The minimum absolute atomic E-state index is 0.0669. The van der Waals surface area contributed by atoms with Gasteiger partial charge < -0.3 is 20.4 Å². The summed E-state index contributed by atoms with van der Waals surface area (Å²) in [5, 5.41) is 11.1. The van der Waals surface area contributed by atoms with Gasteiger partial charge in [-0.2, -0.15) is 0 Å². The lowest BCUT2D eigenvalue weighted by Crippen LogP contribution is -2.14. The van der Waals surface area contributed by atoms with Crippen LogP contribution in [-0.2, 0) is 0 Å². The van der Waals surface area contributed by atoms with Crippen LogP contribution in [0.15, 0.2) is 29.2 Å². The molecule has 1 amide bonds. The van der Waals surface area contributed by atoms with Crippen LogP contribution in [-0.4, -0.2) is 27.6 Å². The number of nitrogens with one attached hydrogen (secondary N) is 3. The molecule has 0 aliphatic carbocycles. The second kappa shape index (κ2) is 6.54. The minimum Gasteiger partial charge on any atom is -0.395 e. The molecular formula is C14H12FN3O3. The van der Waals surface area contributed by atoms with E-state index in [1.165, 1.54) is 24.4 Å². The van der Waals surface area contributed by atoms with Crippen molar-refractivity contribution < 1.29 is 14.3 Å². The van der Waals surface area contributed by atoms with Crippen molar-refractivity contribution in [2.24, 2.45) is 0 Å². The number of aromatic amines is 2. The van der Waals surface area contributed by atoms with E-state index in [1.807, 2.05) is 0 Å². The SMILES string of the molecule is O=C(Nc1ccc(F)c(C#CCCO)c1)c1c[nH]c(=O)[nH]1. The van der Waals surface area contributed by atoms with Gasteiger partial charge in [0.25, 0.3) is 5.91 Å². The fraction of sp³-hybridized carbons (Fsp3) is 0.143. The number of hydrogen-bond donors (Lipinski definition) is 4. The van der Waals surface area contributed by atoms with Crippen LogP contribution in [0, 0.1) is 17.7 Å². The number of amides is 1. The fourth-order valence-electron chi connectivity index (χ4n) is 1.57. The summed E-state index contributed by atoms with van der Waals surface area (Å²) < 4.78 is 13.5. The van der Waals surface area contributed by atoms with Crippen LogP contribution < -0.4 is 11.0 Å². The predicted octanol–water partition coefficient (Wildman–Crippen LogP) is 0.828. The molecule has 0 bridgehead atoms. The van der Waals surface area contributed by atoms with Gasteiger partial charge in [0, 0.05) is 18.3 Å². The maximum Gasteiger partial charge on any atom is 0.323 e. The summed E-state index contributed by atoms with van der Waals surface area (Å²) in [5.74, 6) is 4.12. The molecule has 1 heterocycles. The summed E-state index contributed by atoms with van der Waals surface area (Å²) in [6.45, 7) is -0.105. The Kier molecular flexibility index (Phi) is 4.53. The van der Waals surface area contributed by atoms with Crippen LogP contribution in [0.4, 0.5) is 10.1 Å². The molecule has 0 fully saturated rings. The Labute approximate surface area is 119 Å². The normalized spacial score (nSPS) is 9.81. The average Bonchev–Trinajstić information content (AvgIpc) is 2.89. The maximum atomic E-state index is 13.5. The Morgan fingerprint density at radius 3 is 2.90 bits per heavy atom. The number of imidazole rings is 1. The maximum absolute atomic E-state index is 13.5. The van der Waals surface area contributed by atoms with Gasteiger partial charge in [-0.25, -0.2) is 9.18 Å². The summed E-state index contributed by atoms with van der Waals surface area (Å²) in [4.78, 5) is 27.4. The Morgan fingerprint density at radius 1 is 1.43 bits per heavy atom. The molecule has 21 heavy (non-hydrogen) atoms. The van der Waals surface area contributed by atoms with Crippen LogP contribution >= 0.6 is 0 Å². The Hall–Kier alpha value is -2.85. The fourth-order valence-corrected chi connectivity index (χ4v) is 1.57. The van der Waals surface area contributed by atoms with E-state index in [2.05, 4.69) is 27.1 Å². The number of hydrogen-bond acceptors (Lipinski definition) is 3. The lowest BCUT2D eigenvalue weighted by atomic mass is 10.2. The highest BCUT2D eigenvalue weighted by molar-refractivity contribution is 6.02. The Bertz CT molecular complexity index is 768. The molecule has 0 spiro atoms. The predicted molar refractivity (Wildman–Crippen MR) is 74.3 cm³/mol. The number of aliphatic hydroxyl groups is 1. The van der Waals surface area contributed by atoms with Crippen LogP contribution in [0.2, 0.25) is 0 Å². The zero-order valence-corrected chi connectivity index (χ0v) is 10.9. The molecule has 6 nitrogen and oxygen atoms in total. The molecule has 2 aromatic rings. The number of rotatable bonds is 3. The highest BCUT2D eigenvalue weighted by Gasteiger charge is 2.09. The number of halogens is 1. The first-order valence-corrected chi connectivity index (χ1v) is 6.08. The van der Waals surface area contributed by atoms with E-state index in [4.69, 9.17) is 5.11 Å². The van der Waals surface area contributed by atoms with Gasteiger partial charge in [-0.15, -0.1) is 0 Å². The number of aliphatic hydroxyl groups excluding tert-OH is 1. The Balaban J connectivity index is 2.18. The first-order valence-electron chi connectivity index (χ1n) is 6.08. The summed E-state index contributed by atoms with van der Waals surface area (Å²) in [7, 11) is 0. The first-order chi connectivity index (χ1) is 10.1. The third kappa shape index (κ3) is 3.81. The van der Waals surface area contributed by atoms with Crippen LogP contribution in [0.25, 0.3) is 0 Å². The van der Waals surface area contributed by atoms with E-state index in [9.17, 15) is 14.0 Å². The highest BCUT2D eigenvalue weighted by Crippen LogP contribution is 2.14. The Morgan fingerprint density at radius 2 is 2.24 bits per heavy atom. The number of anilines is 1. The van der Waals surface area contributed by atoms with Gasteiger partial charge in [0.15, 0.2) is 0 Å². The number of H-pyrrole nitrogens is 2. The summed E-state index contributed by atoms with van der Waals surface area (Å²) in [6, 6.07) is 3.94. The zero-order chi connectivity index (χ0) is 15.2. The molecule has 1 aromatic carbocycles. The summed E-state index contributed by atoms with van der Waals surface area (Å²) >= 11 is 0. The van der Waals surface area contributed by atoms with E-state index in [0.717, 1.165) is 0 Å². The van der Waals surface area contributed by atoms with Gasteiger partial charge >= 0.3 is 5.69 Å².